The Kier molecular flexibility index (Phi) is 4.50. The standard InChI is InChI=1S/C19H21N7/c1-15-21-22-18-7-8-19(23-26(15)18)25-10-2-9-24(11-12-25)14-17-5-3-16(13-20)4-6-17/h3-8H,2,9-12,14H2,1H3. The highest BCUT2D eigenvalue weighted by molar-refractivity contribution is 5.45. The largest absolute Gasteiger partial charge is 0.354 e. The van der Waals surface area contributed by atoms with E-state index in [2.05, 4.69) is 26.1 Å². The first kappa shape index (κ1) is 16.5. The lowest BCUT2D eigenvalue weighted by molar-refractivity contribution is 0.285. The van der Waals surface area contributed by atoms with E-state index < -0.39 is 0 Å². The van der Waals surface area contributed by atoms with Gasteiger partial charge in [-0.2, -0.15) is 9.78 Å². The molecule has 4 rings (SSSR count). The Balaban J connectivity index is 1.43. The number of anilines is 1. The number of benzene rings is 1. The highest BCUT2D eigenvalue weighted by Gasteiger charge is 2.17. The SMILES string of the molecule is Cc1nnc2ccc(N3CCCN(Cc4ccc(C#N)cc4)CC3)nn12. The first-order valence-corrected chi connectivity index (χ1v) is 8.88. The fraction of sp³-hybridized carbons (Fsp3) is 0.368. The molecule has 0 N–H and O–H groups in total. The van der Waals surface area contributed by atoms with Crippen LogP contribution in [-0.4, -0.2) is 50.9 Å². The van der Waals surface area contributed by atoms with Gasteiger partial charge in [0, 0.05) is 32.7 Å². The second-order valence-electron chi connectivity index (χ2n) is 6.63. The van der Waals surface area contributed by atoms with Crippen LogP contribution < -0.4 is 4.90 Å². The van der Waals surface area contributed by atoms with Crippen LogP contribution in [0.25, 0.3) is 5.65 Å². The Morgan fingerprint density at radius 1 is 1.00 bits per heavy atom. The van der Waals surface area contributed by atoms with Gasteiger partial charge < -0.3 is 4.90 Å². The van der Waals surface area contributed by atoms with Crippen molar-refractivity contribution in [3.63, 3.8) is 0 Å². The number of nitriles is 1. The first-order valence-electron chi connectivity index (χ1n) is 8.88. The lowest BCUT2D eigenvalue weighted by Gasteiger charge is -2.22. The molecule has 3 heterocycles. The summed E-state index contributed by atoms with van der Waals surface area (Å²) in [4.78, 5) is 4.79. The summed E-state index contributed by atoms with van der Waals surface area (Å²) in [5.41, 5.74) is 2.74. The second-order valence-corrected chi connectivity index (χ2v) is 6.63. The predicted molar refractivity (Wildman–Crippen MR) is 98.8 cm³/mol. The van der Waals surface area contributed by atoms with Gasteiger partial charge in [-0.15, -0.1) is 15.3 Å². The van der Waals surface area contributed by atoms with Crippen LogP contribution in [0.3, 0.4) is 0 Å². The maximum Gasteiger partial charge on any atom is 0.178 e. The third-order valence-electron chi connectivity index (χ3n) is 4.81. The quantitative estimate of drug-likeness (QED) is 0.722. The summed E-state index contributed by atoms with van der Waals surface area (Å²) in [7, 11) is 0. The minimum absolute atomic E-state index is 0.710. The fourth-order valence-corrected chi connectivity index (χ4v) is 3.36. The van der Waals surface area contributed by atoms with Gasteiger partial charge in [-0.25, -0.2) is 0 Å². The van der Waals surface area contributed by atoms with E-state index >= 15 is 0 Å². The van der Waals surface area contributed by atoms with E-state index in [4.69, 9.17) is 10.4 Å². The summed E-state index contributed by atoms with van der Waals surface area (Å²) < 4.78 is 1.80. The van der Waals surface area contributed by atoms with Gasteiger partial charge in [0.05, 0.1) is 11.6 Å². The molecule has 1 fully saturated rings. The number of hydrogen-bond acceptors (Lipinski definition) is 6. The predicted octanol–water partition coefficient (Wildman–Crippen LogP) is 2.02. The van der Waals surface area contributed by atoms with Gasteiger partial charge in [-0.1, -0.05) is 12.1 Å². The van der Waals surface area contributed by atoms with E-state index in [0.717, 1.165) is 56.4 Å². The number of aryl methyl sites for hydroxylation is 1. The Hall–Kier alpha value is -2.98. The maximum atomic E-state index is 8.91. The van der Waals surface area contributed by atoms with E-state index in [1.54, 1.807) is 4.52 Å². The molecular formula is C19H21N7. The van der Waals surface area contributed by atoms with Gasteiger partial charge in [0.1, 0.15) is 5.82 Å². The molecule has 0 spiro atoms. The normalized spacial score (nSPS) is 15.8. The number of fused-ring (bicyclic) bond motifs is 1. The summed E-state index contributed by atoms with van der Waals surface area (Å²) in [6.45, 7) is 6.81. The molecule has 132 valence electrons. The summed E-state index contributed by atoms with van der Waals surface area (Å²) in [5.74, 6) is 1.78. The molecule has 0 amide bonds. The van der Waals surface area contributed by atoms with Crippen LogP contribution in [0.15, 0.2) is 36.4 Å². The van der Waals surface area contributed by atoms with Crippen LogP contribution in [0.2, 0.25) is 0 Å². The number of hydrogen-bond donors (Lipinski definition) is 0. The molecule has 0 unspecified atom stereocenters. The van der Waals surface area contributed by atoms with Crippen molar-refractivity contribution in [1.82, 2.24) is 24.7 Å². The van der Waals surface area contributed by atoms with Crippen molar-refractivity contribution in [1.29, 1.82) is 5.26 Å². The van der Waals surface area contributed by atoms with Crippen molar-refractivity contribution >= 4 is 11.5 Å². The summed E-state index contributed by atoms with van der Waals surface area (Å²) in [5, 5.41) is 21.8. The van der Waals surface area contributed by atoms with E-state index in [0.29, 0.717) is 5.56 Å². The molecule has 1 aliphatic heterocycles. The molecule has 0 atom stereocenters. The average molecular weight is 347 g/mol. The summed E-state index contributed by atoms with van der Waals surface area (Å²) >= 11 is 0. The van der Waals surface area contributed by atoms with Crippen LogP contribution >= 0.6 is 0 Å². The molecule has 7 heteroatoms. The molecule has 0 radical (unpaired) electrons. The lowest BCUT2D eigenvalue weighted by atomic mass is 10.1. The van der Waals surface area contributed by atoms with E-state index in [9.17, 15) is 0 Å². The minimum Gasteiger partial charge on any atom is -0.354 e. The van der Waals surface area contributed by atoms with Gasteiger partial charge in [0.15, 0.2) is 11.5 Å². The van der Waals surface area contributed by atoms with Crippen molar-refractivity contribution in [2.45, 2.75) is 19.9 Å². The van der Waals surface area contributed by atoms with Crippen LogP contribution in [0.1, 0.15) is 23.4 Å². The van der Waals surface area contributed by atoms with Crippen LogP contribution in [0, 0.1) is 18.3 Å². The molecule has 1 saturated heterocycles. The van der Waals surface area contributed by atoms with Crippen molar-refractivity contribution < 1.29 is 0 Å². The average Bonchev–Trinajstić information content (AvgIpc) is 2.89. The zero-order valence-corrected chi connectivity index (χ0v) is 14.8. The van der Waals surface area contributed by atoms with Gasteiger partial charge in [-0.3, -0.25) is 4.90 Å². The highest BCUT2D eigenvalue weighted by atomic mass is 15.4. The van der Waals surface area contributed by atoms with Crippen molar-refractivity contribution in [3.05, 3.63) is 53.3 Å². The molecule has 0 saturated carbocycles. The molecule has 1 aromatic carbocycles. The molecule has 0 bridgehead atoms. The molecule has 3 aromatic rings. The first-order chi connectivity index (χ1) is 12.7. The Morgan fingerprint density at radius 3 is 2.65 bits per heavy atom. The van der Waals surface area contributed by atoms with E-state index in [1.807, 2.05) is 43.3 Å². The van der Waals surface area contributed by atoms with Gasteiger partial charge >= 0.3 is 0 Å². The van der Waals surface area contributed by atoms with Gasteiger partial charge in [0.2, 0.25) is 0 Å². The Bertz CT molecular complexity index is 939. The molecule has 0 aliphatic carbocycles. The van der Waals surface area contributed by atoms with Crippen molar-refractivity contribution in [2.24, 2.45) is 0 Å². The summed E-state index contributed by atoms with van der Waals surface area (Å²) in [6.07, 6.45) is 1.09. The molecule has 7 nitrogen and oxygen atoms in total. The second kappa shape index (κ2) is 7.10. The summed E-state index contributed by atoms with van der Waals surface area (Å²) in [6, 6.07) is 14.0. The van der Waals surface area contributed by atoms with Crippen LogP contribution in [-0.2, 0) is 6.54 Å². The van der Waals surface area contributed by atoms with Crippen molar-refractivity contribution in [3.8, 4) is 6.07 Å². The molecule has 26 heavy (non-hydrogen) atoms. The number of nitrogens with zero attached hydrogens (tertiary/aromatic N) is 7. The van der Waals surface area contributed by atoms with Gasteiger partial charge in [0.25, 0.3) is 0 Å². The molecular weight excluding hydrogens is 326 g/mol. The Labute approximate surface area is 152 Å². The number of aromatic nitrogens is 4. The zero-order chi connectivity index (χ0) is 17.9. The minimum atomic E-state index is 0.710. The van der Waals surface area contributed by atoms with Gasteiger partial charge in [-0.05, 0) is 43.2 Å². The third-order valence-corrected chi connectivity index (χ3v) is 4.81. The molecule has 2 aromatic heterocycles. The Morgan fingerprint density at radius 2 is 1.85 bits per heavy atom. The number of rotatable bonds is 3. The van der Waals surface area contributed by atoms with Crippen LogP contribution in [0.5, 0.6) is 0 Å². The van der Waals surface area contributed by atoms with Crippen molar-refractivity contribution in [2.75, 3.05) is 31.1 Å². The van der Waals surface area contributed by atoms with Crippen LogP contribution in [0.4, 0.5) is 5.82 Å². The third kappa shape index (κ3) is 3.37. The smallest absolute Gasteiger partial charge is 0.178 e. The van der Waals surface area contributed by atoms with E-state index in [1.165, 1.54) is 5.56 Å². The maximum absolute atomic E-state index is 8.91. The monoisotopic (exact) mass is 347 g/mol. The lowest BCUT2D eigenvalue weighted by Crippen LogP contribution is -2.31. The van der Waals surface area contributed by atoms with E-state index in [-0.39, 0.29) is 0 Å². The fourth-order valence-electron chi connectivity index (χ4n) is 3.36. The highest BCUT2D eigenvalue weighted by Crippen LogP contribution is 2.16. The molecule has 1 aliphatic rings. The zero-order valence-electron chi connectivity index (χ0n) is 14.8. The topological polar surface area (TPSA) is 73.3 Å².